The van der Waals surface area contributed by atoms with Gasteiger partial charge in [-0.2, -0.15) is 0 Å². The van der Waals surface area contributed by atoms with Crippen LogP contribution in [0.1, 0.15) is 13.3 Å². The fourth-order valence-corrected chi connectivity index (χ4v) is 0.353. The molecule has 2 heteroatoms. The maximum Gasteiger partial charge on any atom is 0.152 e. The average Bonchev–Trinajstić information content (AvgIpc) is 1.68. The number of hydrogen-bond acceptors (Lipinski definition) is 1. The van der Waals surface area contributed by atoms with E-state index in [4.69, 9.17) is 4.74 Å². The van der Waals surface area contributed by atoms with Crippen molar-refractivity contribution in [2.75, 3.05) is 0 Å². The van der Waals surface area contributed by atoms with E-state index in [1.54, 1.807) is 0 Å². The third-order valence-electron chi connectivity index (χ3n) is 0.565. The predicted molar refractivity (Wildman–Crippen MR) is 34.3 cm³/mol. The molecule has 0 aromatic rings. The van der Waals surface area contributed by atoms with Crippen molar-refractivity contribution in [3.05, 3.63) is 12.8 Å². The van der Waals surface area contributed by atoms with E-state index >= 15 is 0 Å². The zero-order valence-electron chi connectivity index (χ0n) is 4.36. The Hall–Kier alpha value is 0.0200. The zero-order chi connectivity index (χ0) is 5.70. The molecular formula is C5H9BrO. The summed E-state index contributed by atoms with van der Waals surface area (Å²) in [7, 11) is 0. The van der Waals surface area contributed by atoms with Crippen LogP contribution in [0.4, 0.5) is 0 Å². The van der Waals surface area contributed by atoms with Gasteiger partial charge in [0.15, 0.2) is 5.01 Å². The third kappa shape index (κ3) is 3.86. The fraction of sp³-hybridized carbons (Fsp3) is 0.600. The molecule has 0 aliphatic rings. The van der Waals surface area contributed by atoms with Crippen LogP contribution in [-0.2, 0) is 4.74 Å². The predicted octanol–water partition coefficient (Wildman–Crippen LogP) is 2.28. The van der Waals surface area contributed by atoms with Gasteiger partial charge < -0.3 is 4.74 Å². The molecule has 0 saturated carbocycles. The first kappa shape index (κ1) is 7.02. The molecule has 0 bridgehead atoms. The minimum Gasteiger partial charge on any atom is -0.487 e. The lowest BCUT2D eigenvalue weighted by molar-refractivity contribution is 0.225. The van der Waals surface area contributed by atoms with Gasteiger partial charge in [-0.1, -0.05) is 13.5 Å². The quantitative estimate of drug-likeness (QED) is 0.460. The molecule has 1 nitrogen and oxygen atoms in total. The maximum atomic E-state index is 4.87. The van der Waals surface area contributed by atoms with E-state index in [1.807, 2.05) is 6.92 Å². The highest BCUT2D eigenvalue weighted by molar-refractivity contribution is 9.09. The Kier molecular flexibility index (Phi) is 4.20. The molecule has 0 aromatic carbocycles. The summed E-state index contributed by atoms with van der Waals surface area (Å²) < 4.78 is 4.87. The van der Waals surface area contributed by atoms with Gasteiger partial charge in [-0.15, -0.1) is 0 Å². The smallest absolute Gasteiger partial charge is 0.152 e. The Labute approximate surface area is 52.5 Å². The Balaban J connectivity index is 2.98. The molecule has 0 aliphatic heterocycles. The van der Waals surface area contributed by atoms with Crippen molar-refractivity contribution < 1.29 is 4.74 Å². The average molecular weight is 165 g/mol. The van der Waals surface area contributed by atoms with Crippen molar-refractivity contribution in [3.8, 4) is 0 Å². The first-order valence-electron chi connectivity index (χ1n) is 2.21. The minimum absolute atomic E-state index is 0.144. The van der Waals surface area contributed by atoms with Gasteiger partial charge in [-0.25, -0.2) is 0 Å². The third-order valence-corrected chi connectivity index (χ3v) is 1.43. The molecule has 0 spiro atoms. The second-order valence-electron chi connectivity index (χ2n) is 1.12. The molecule has 0 amide bonds. The topological polar surface area (TPSA) is 9.23 Å². The van der Waals surface area contributed by atoms with Crippen molar-refractivity contribution in [3.63, 3.8) is 0 Å². The lowest BCUT2D eigenvalue weighted by Gasteiger charge is -2.02. The van der Waals surface area contributed by atoms with Gasteiger partial charge in [-0.05, 0) is 22.4 Å². The van der Waals surface area contributed by atoms with E-state index in [0.717, 1.165) is 6.42 Å². The molecule has 1 unspecified atom stereocenters. The molecule has 0 aliphatic carbocycles. The van der Waals surface area contributed by atoms with Crippen molar-refractivity contribution in [2.24, 2.45) is 0 Å². The van der Waals surface area contributed by atoms with Crippen molar-refractivity contribution >= 4 is 15.9 Å². The van der Waals surface area contributed by atoms with Crippen LogP contribution in [0.15, 0.2) is 12.8 Å². The van der Waals surface area contributed by atoms with Gasteiger partial charge in [0.1, 0.15) is 0 Å². The SMILES string of the molecule is C=COC(Br)CC. The van der Waals surface area contributed by atoms with Crippen LogP contribution in [0.25, 0.3) is 0 Å². The highest BCUT2D eigenvalue weighted by Crippen LogP contribution is 2.04. The molecule has 0 heterocycles. The van der Waals surface area contributed by atoms with Crippen LogP contribution < -0.4 is 0 Å². The van der Waals surface area contributed by atoms with E-state index < -0.39 is 0 Å². The van der Waals surface area contributed by atoms with E-state index in [9.17, 15) is 0 Å². The van der Waals surface area contributed by atoms with Gasteiger partial charge >= 0.3 is 0 Å². The molecule has 0 radical (unpaired) electrons. The molecule has 7 heavy (non-hydrogen) atoms. The highest BCUT2D eigenvalue weighted by Gasteiger charge is 1.92. The molecule has 0 aromatic heterocycles. The number of halogens is 1. The van der Waals surface area contributed by atoms with Crippen LogP contribution in [0.3, 0.4) is 0 Å². The summed E-state index contributed by atoms with van der Waals surface area (Å²) in [5, 5.41) is 0.144. The van der Waals surface area contributed by atoms with Crippen LogP contribution in [0.2, 0.25) is 0 Å². The van der Waals surface area contributed by atoms with E-state index in [-0.39, 0.29) is 5.01 Å². The maximum absolute atomic E-state index is 4.87. The number of alkyl halides is 1. The summed E-state index contributed by atoms with van der Waals surface area (Å²) in [6, 6.07) is 0. The Morgan fingerprint density at radius 1 is 2.00 bits per heavy atom. The molecule has 0 fully saturated rings. The summed E-state index contributed by atoms with van der Waals surface area (Å²) in [5.74, 6) is 0. The zero-order valence-corrected chi connectivity index (χ0v) is 5.94. The van der Waals surface area contributed by atoms with Crippen molar-refractivity contribution in [1.82, 2.24) is 0 Å². The molecule has 0 N–H and O–H groups in total. The lowest BCUT2D eigenvalue weighted by atomic mass is 10.5. The molecule has 42 valence electrons. The van der Waals surface area contributed by atoms with E-state index in [1.165, 1.54) is 6.26 Å². The van der Waals surface area contributed by atoms with Crippen LogP contribution in [0.5, 0.6) is 0 Å². The summed E-state index contributed by atoms with van der Waals surface area (Å²) in [5.41, 5.74) is 0. The number of ether oxygens (including phenoxy) is 1. The van der Waals surface area contributed by atoms with E-state index in [0.29, 0.717) is 0 Å². The number of hydrogen-bond donors (Lipinski definition) is 0. The second kappa shape index (κ2) is 4.19. The number of rotatable bonds is 3. The van der Waals surface area contributed by atoms with Crippen LogP contribution >= 0.6 is 15.9 Å². The largest absolute Gasteiger partial charge is 0.487 e. The summed E-state index contributed by atoms with van der Waals surface area (Å²) in [6.07, 6.45) is 2.40. The fourth-order valence-electron chi connectivity index (χ4n) is 0.201. The van der Waals surface area contributed by atoms with Gasteiger partial charge in [0.2, 0.25) is 0 Å². The van der Waals surface area contributed by atoms with E-state index in [2.05, 4.69) is 22.5 Å². The summed E-state index contributed by atoms with van der Waals surface area (Å²) in [4.78, 5) is 0. The summed E-state index contributed by atoms with van der Waals surface area (Å²) in [6.45, 7) is 5.43. The lowest BCUT2D eigenvalue weighted by Crippen LogP contribution is -1.94. The molecule has 1 atom stereocenters. The van der Waals surface area contributed by atoms with Crippen molar-refractivity contribution in [1.29, 1.82) is 0 Å². The monoisotopic (exact) mass is 164 g/mol. The van der Waals surface area contributed by atoms with Gasteiger partial charge in [-0.3, -0.25) is 0 Å². The van der Waals surface area contributed by atoms with Gasteiger partial charge in [0.25, 0.3) is 0 Å². The van der Waals surface area contributed by atoms with Crippen LogP contribution in [-0.4, -0.2) is 5.01 Å². The normalized spacial score (nSPS) is 12.9. The van der Waals surface area contributed by atoms with Gasteiger partial charge in [0.05, 0.1) is 6.26 Å². The Bertz CT molecular complexity index is 54.0. The van der Waals surface area contributed by atoms with Crippen LogP contribution in [0, 0.1) is 0 Å². The standard InChI is InChI=1S/C5H9BrO/c1-3-5(6)7-4-2/h4-5H,2-3H2,1H3. The first-order chi connectivity index (χ1) is 3.31. The van der Waals surface area contributed by atoms with Crippen molar-refractivity contribution in [2.45, 2.75) is 18.4 Å². The first-order valence-corrected chi connectivity index (χ1v) is 3.13. The Morgan fingerprint density at radius 2 is 2.57 bits per heavy atom. The van der Waals surface area contributed by atoms with Gasteiger partial charge in [0, 0.05) is 0 Å². The highest BCUT2D eigenvalue weighted by atomic mass is 79.9. The summed E-state index contributed by atoms with van der Waals surface area (Å²) >= 11 is 3.24. The minimum atomic E-state index is 0.144. The molecule has 0 rings (SSSR count). The second-order valence-corrected chi connectivity index (χ2v) is 2.14. The molecular weight excluding hydrogens is 156 g/mol. The molecule has 0 saturated heterocycles. The Morgan fingerprint density at radius 3 is 2.71 bits per heavy atom.